The molecule has 0 fully saturated rings. The Balaban J connectivity index is 0.000000121. The minimum absolute atomic E-state index is 0.652. The molecule has 2 heteroatoms. The Hall–Kier alpha value is -1.44. The molecule has 0 bridgehead atoms. The van der Waals surface area contributed by atoms with Crippen LogP contribution in [0, 0.1) is 0 Å². The van der Waals surface area contributed by atoms with Crippen molar-refractivity contribution in [1.82, 2.24) is 0 Å². The zero-order chi connectivity index (χ0) is 13.9. The van der Waals surface area contributed by atoms with Crippen molar-refractivity contribution in [2.75, 3.05) is 0 Å². The van der Waals surface area contributed by atoms with Crippen molar-refractivity contribution >= 4 is 0 Å². The maximum atomic E-state index is 5.37. The molecule has 2 heterocycles. The van der Waals surface area contributed by atoms with Crippen molar-refractivity contribution in [2.24, 2.45) is 0 Å². The number of hydrogen-bond acceptors (Lipinski definition) is 2. The lowest BCUT2D eigenvalue weighted by atomic mass is 9.89. The average molecular weight is 272 g/mol. The van der Waals surface area contributed by atoms with Gasteiger partial charge in [0.25, 0.3) is 0 Å². The SMILES string of the molecule is C[C@@H]1CCCc2ccoc21.C[C@@H]1CCCc2occc21. The van der Waals surface area contributed by atoms with E-state index in [-0.39, 0.29) is 0 Å². The molecule has 0 radical (unpaired) electrons. The number of fused-ring (bicyclic) bond motifs is 2. The van der Waals surface area contributed by atoms with E-state index >= 15 is 0 Å². The van der Waals surface area contributed by atoms with Gasteiger partial charge in [0.2, 0.25) is 0 Å². The number of rotatable bonds is 0. The smallest absolute Gasteiger partial charge is 0.109 e. The van der Waals surface area contributed by atoms with Crippen LogP contribution >= 0.6 is 0 Å². The van der Waals surface area contributed by atoms with Crippen LogP contribution in [-0.2, 0) is 12.8 Å². The molecule has 0 unspecified atom stereocenters. The Labute approximate surface area is 121 Å². The number of hydrogen-bond donors (Lipinski definition) is 0. The Bertz CT molecular complexity index is 499. The predicted molar refractivity (Wildman–Crippen MR) is 80.1 cm³/mol. The van der Waals surface area contributed by atoms with Gasteiger partial charge in [0.05, 0.1) is 12.5 Å². The van der Waals surface area contributed by atoms with Crippen LogP contribution in [0.15, 0.2) is 33.5 Å². The molecule has 2 aromatic heterocycles. The van der Waals surface area contributed by atoms with Crippen LogP contribution in [0.25, 0.3) is 0 Å². The summed E-state index contributed by atoms with van der Waals surface area (Å²) in [7, 11) is 0. The Morgan fingerprint density at radius 2 is 1.65 bits per heavy atom. The molecule has 0 spiro atoms. The first-order valence-corrected chi connectivity index (χ1v) is 7.88. The Kier molecular flexibility index (Phi) is 4.00. The molecule has 2 aliphatic carbocycles. The zero-order valence-corrected chi connectivity index (χ0v) is 12.5. The van der Waals surface area contributed by atoms with E-state index in [0.717, 1.165) is 12.3 Å². The van der Waals surface area contributed by atoms with E-state index in [1.807, 2.05) is 12.5 Å². The van der Waals surface area contributed by atoms with Crippen LogP contribution in [0.3, 0.4) is 0 Å². The molecule has 2 aliphatic rings. The average Bonchev–Trinajstić information content (AvgIpc) is 3.08. The topological polar surface area (TPSA) is 26.3 Å². The maximum Gasteiger partial charge on any atom is 0.109 e. The summed E-state index contributed by atoms with van der Waals surface area (Å²) in [6.45, 7) is 4.51. The Morgan fingerprint density at radius 3 is 2.45 bits per heavy atom. The molecule has 0 saturated carbocycles. The van der Waals surface area contributed by atoms with E-state index in [9.17, 15) is 0 Å². The van der Waals surface area contributed by atoms with Crippen LogP contribution in [-0.4, -0.2) is 0 Å². The standard InChI is InChI=1S/2C9H12O/c1-7-3-2-4-9-8(7)5-6-10-9;1-7-3-2-4-8-5-6-10-9(7)8/h2*5-7H,2-4H2,1H3/t2*7-/m11/s1. The van der Waals surface area contributed by atoms with Gasteiger partial charge in [0, 0.05) is 12.3 Å². The van der Waals surface area contributed by atoms with Gasteiger partial charge in [-0.05, 0) is 61.3 Å². The van der Waals surface area contributed by atoms with Crippen molar-refractivity contribution in [3.63, 3.8) is 0 Å². The largest absolute Gasteiger partial charge is 0.469 e. The second kappa shape index (κ2) is 5.90. The molecule has 4 rings (SSSR count). The summed E-state index contributed by atoms with van der Waals surface area (Å²) in [6.07, 6.45) is 11.2. The highest BCUT2D eigenvalue weighted by Gasteiger charge is 2.18. The first kappa shape index (κ1) is 13.5. The van der Waals surface area contributed by atoms with Crippen molar-refractivity contribution in [2.45, 2.75) is 64.2 Å². The number of furan rings is 2. The lowest BCUT2D eigenvalue weighted by Crippen LogP contribution is -2.03. The summed E-state index contributed by atoms with van der Waals surface area (Å²) in [4.78, 5) is 0. The maximum absolute atomic E-state index is 5.37. The number of aryl methyl sites for hydroxylation is 2. The molecule has 20 heavy (non-hydrogen) atoms. The van der Waals surface area contributed by atoms with Gasteiger partial charge < -0.3 is 8.83 Å². The van der Waals surface area contributed by atoms with Gasteiger partial charge in [0.15, 0.2) is 0 Å². The highest BCUT2D eigenvalue weighted by molar-refractivity contribution is 5.24. The summed E-state index contributed by atoms with van der Waals surface area (Å²) >= 11 is 0. The van der Waals surface area contributed by atoms with E-state index in [2.05, 4.69) is 26.0 Å². The van der Waals surface area contributed by atoms with Gasteiger partial charge in [-0.15, -0.1) is 0 Å². The fraction of sp³-hybridized carbons (Fsp3) is 0.556. The second-order valence-corrected chi connectivity index (χ2v) is 6.20. The predicted octanol–water partition coefficient (Wildman–Crippen LogP) is 5.44. The molecular weight excluding hydrogens is 248 g/mol. The van der Waals surface area contributed by atoms with Crippen molar-refractivity contribution in [1.29, 1.82) is 0 Å². The van der Waals surface area contributed by atoms with Crippen LogP contribution in [0.2, 0.25) is 0 Å². The first-order valence-electron chi connectivity index (χ1n) is 7.88. The van der Waals surface area contributed by atoms with Gasteiger partial charge in [-0.2, -0.15) is 0 Å². The Morgan fingerprint density at radius 1 is 0.900 bits per heavy atom. The molecule has 2 aromatic rings. The summed E-state index contributed by atoms with van der Waals surface area (Å²) in [6, 6.07) is 4.21. The van der Waals surface area contributed by atoms with E-state index < -0.39 is 0 Å². The van der Waals surface area contributed by atoms with Crippen molar-refractivity contribution in [3.05, 3.63) is 47.3 Å². The summed E-state index contributed by atoms with van der Waals surface area (Å²) in [5, 5.41) is 0. The van der Waals surface area contributed by atoms with E-state index in [0.29, 0.717) is 5.92 Å². The fourth-order valence-electron chi connectivity index (χ4n) is 3.43. The third-order valence-corrected chi connectivity index (χ3v) is 4.66. The fourth-order valence-corrected chi connectivity index (χ4v) is 3.43. The molecule has 2 atom stereocenters. The second-order valence-electron chi connectivity index (χ2n) is 6.20. The third kappa shape index (κ3) is 2.70. The lowest BCUT2D eigenvalue weighted by molar-refractivity contribution is 0.432. The molecule has 0 N–H and O–H groups in total. The van der Waals surface area contributed by atoms with Gasteiger partial charge in [-0.25, -0.2) is 0 Å². The molecule has 0 amide bonds. The van der Waals surface area contributed by atoms with Crippen LogP contribution in [0.1, 0.15) is 74.0 Å². The van der Waals surface area contributed by atoms with Gasteiger partial charge >= 0.3 is 0 Å². The minimum Gasteiger partial charge on any atom is -0.469 e. The summed E-state index contributed by atoms with van der Waals surface area (Å²) in [5.41, 5.74) is 2.87. The molecular formula is C18H24O2. The monoisotopic (exact) mass is 272 g/mol. The molecule has 0 aliphatic heterocycles. The molecule has 0 saturated heterocycles. The van der Waals surface area contributed by atoms with E-state index in [4.69, 9.17) is 8.83 Å². The highest BCUT2D eigenvalue weighted by Crippen LogP contribution is 2.32. The van der Waals surface area contributed by atoms with Gasteiger partial charge in [-0.1, -0.05) is 13.8 Å². The van der Waals surface area contributed by atoms with Crippen LogP contribution in [0.5, 0.6) is 0 Å². The molecule has 2 nitrogen and oxygen atoms in total. The van der Waals surface area contributed by atoms with Gasteiger partial charge in [-0.3, -0.25) is 0 Å². The zero-order valence-electron chi connectivity index (χ0n) is 12.5. The lowest BCUT2D eigenvalue weighted by Gasteiger charge is -2.16. The van der Waals surface area contributed by atoms with Crippen LogP contribution < -0.4 is 0 Å². The molecule has 0 aromatic carbocycles. The molecule has 108 valence electrons. The van der Waals surface area contributed by atoms with Gasteiger partial charge in [0.1, 0.15) is 11.5 Å². The van der Waals surface area contributed by atoms with Crippen molar-refractivity contribution in [3.8, 4) is 0 Å². The minimum atomic E-state index is 0.652. The normalized spacial score (nSPS) is 24.3. The highest BCUT2D eigenvalue weighted by atomic mass is 16.3. The summed E-state index contributed by atoms with van der Waals surface area (Å²) in [5.74, 6) is 3.83. The first-order chi connectivity index (χ1) is 9.75. The summed E-state index contributed by atoms with van der Waals surface area (Å²) < 4.78 is 10.7. The van der Waals surface area contributed by atoms with Crippen molar-refractivity contribution < 1.29 is 8.83 Å². The third-order valence-electron chi connectivity index (χ3n) is 4.66. The quantitative estimate of drug-likeness (QED) is 0.638. The van der Waals surface area contributed by atoms with E-state index in [1.165, 1.54) is 54.8 Å². The van der Waals surface area contributed by atoms with E-state index in [1.54, 1.807) is 0 Å². The van der Waals surface area contributed by atoms with Crippen LogP contribution in [0.4, 0.5) is 0 Å².